The van der Waals surface area contributed by atoms with Crippen LogP contribution in [0.1, 0.15) is 16.1 Å². The highest BCUT2D eigenvalue weighted by Crippen LogP contribution is 2.20. The number of furan rings is 1. The highest BCUT2D eigenvalue weighted by Gasteiger charge is 2.09. The molecule has 1 aromatic carbocycles. The number of carbonyl (C=O) groups excluding carboxylic acids is 1. The van der Waals surface area contributed by atoms with Crippen LogP contribution in [0.2, 0.25) is 0 Å². The molecule has 88 valence electrons. The van der Waals surface area contributed by atoms with E-state index in [9.17, 15) is 9.18 Å². The molecular formula is C13H12FNO2. The summed E-state index contributed by atoms with van der Waals surface area (Å²) in [4.78, 5) is 12.7. The molecule has 3 nitrogen and oxygen atoms in total. The summed E-state index contributed by atoms with van der Waals surface area (Å²) in [6, 6.07) is 7.79. The molecule has 1 aromatic heterocycles. The van der Waals surface area contributed by atoms with Crippen molar-refractivity contribution in [1.29, 1.82) is 0 Å². The Hall–Kier alpha value is -2.10. The number of hydrogen-bond donors (Lipinski definition) is 0. The molecule has 4 heteroatoms. The van der Waals surface area contributed by atoms with Gasteiger partial charge in [0, 0.05) is 18.3 Å². The highest BCUT2D eigenvalue weighted by atomic mass is 19.1. The summed E-state index contributed by atoms with van der Waals surface area (Å²) >= 11 is 0. The van der Waals surface area contributed by atoms with Crippen LogP contribution in [0.3, 0.4) is 0 Å². The van der Waals surface area contributed by atoms with E-state index in [1.54, 1.807) is 18.4 Å². The van der Waals surface area contributed by atoms with Crippen LogP contribution in [-0.2, 0) is 6.54 Å². The van der Waals surface area contributed by atoms with Crippen LogP contribution in [0, 0.1) is 5.82 Å². The first-order chi connectivity index (χ1) is 8.20. The molecule has 0 saturated heterocycles. The third kappa shape index (κ3) is 2.53. The number of nitrogens with zero attached hydrogens (tertiary/aromatic N) is 1. The fourth-order valence-corrected chi connectivity index (χ4v) is 1.69. The van der Waals surface area contributed by atoms with Gasteiger partial charge in [-0.1, -0.05) is 0 Å². The molecule has 0 spiro atoms. The Morgan fingerprint density at radius 3 is 2.88 bits per heavy atom. The fraction of sp³-hybridized carbons (Fsp3) is 0.154. The molecule has 0 N–H and O–H groups in total. The van der Waals surface area contributed by atoms with Crippen LogP contribution in [0.25, 0.3) is 0 Å². The quantitative estimate of drug-likeness (QED) is 0.761. The van der Waals surface area contributed by atoms with Crippen molar-refractivity contribution in [3.63, 3.8) is 0 Å². The average molecular weight is 233 g/mol. The minimum Gasteiger partial charge on any atom is -0.467 e. The lowest BCUT2D eigenvalue weighted by Crippen LogP contribution is -2.17. The van der Waals surface area contributed by atoms with Gasteiger partial charge < -0.3 is 9.32 Å². The van der Waals surface area contributed by atoms with Gasteiger partial charge in [0.1, 0.15) is 11.6 Å². The van der Waals surface area contributed by atoms with Gasteiger partial charge in [-0.05, 0) is 30.3 Å². The van der Waals surface area contributed by atoms with E-state index in [1.165, 1.54) is 12.1 Å². The lowest BCUT2D eigenvalue weighted by atomic mass is 10.1. The fourth-order valence-electron chi connectivity index (χ4n) is 1.69. The van der Waals surface area contributed by atoms with Crippen LogP contribution in [-0.4, -0.2) is 13.3 Å². The Labute approximate surface area is 98.5 Å². The first-order valence-corrected chi connectivity index (χ1v) is 5.19. The summed E-state index contributed by atoms with van der Waals surface area (Å²) in [5.41, 5.74) is 1.01. The van der Waals surface area contributed by atoms with Crippen molar-refractivity contribution >= 4 is 12.0 Å². The van der Waals surface area contributed by atoms with Gasteiger partial charge in [-0.15, -0.1) is 0 Å². The Morgan fingerprint density at radius 1 is 1.41 bits per heavy atom. The number of aldehydes is 1. The second-order valence-corrected chi connectivity index (χ2v) is 3.76. The third-order valence-electron chi connectivity index (χ3n) is 2.50. The Kier molecular flexibility index (Phi) is 3.23. The summed E-state index contributed by atoms with van der Waals surface area (Å²) in [5, 5.41) is 0. The van der Waals surface area contributed by atoms with Gasteiger partial charge in [-0.2, -0.15) is 0 Å². The van der Waals surface area contributed by atoms with Crippen molar-refractivity contribution in [3.8, 4) is 0 Å². The predicted molar refractivity (Wildman–Crippen MR) is 62.6 cm³/mol. The zero-order chi connectivity index (χ0) is 12.3. The average Bonchev–Trinajstić information content (AvgIpc) is 2.81. The maximum absolute atomic E-state index is 13.0. The highest BCUT2D eigenvalue weighted by molar-refractivity contribution is 5.84. The van der Waals surface area contributed by atoms with Crippen LogP contribution in [0.15, 0.2) is 41.0 Å². The third-order valence-corrected chi connectivity index (χ3v) is 2.50. The molecule has 17 heavy (non-hydrogen) atoms. The van der Waals surface area contributed by atoms with Gasteiger partial charge in [0.2, 0.25) is 0 Å². The zero-order valence-electron chi connectivity index (χ0n) is 9.39. The van der Waals surface area contributed by atoms with E-state index in [1.807, 2.05) is 18.0 Å². The van der Waals surface area contributed by atoms with Crippen molar-refractivity contribution in [1.82, 2.24) is 0 Å². The van der Waals surface area contributed by atoms with E-state index in [2.05, 4.69) is 0 Å². The number of halogens is 1. The first-order valence-electron chi connectivity index (χ1n) is 5.19. The Balaban J connectivity index is 2.24. The summed E-state index contributed by atoms with van der Waals surface area (Å²) in [6.07, 6.45) is 2.24. The van der Waals surface area contributed by atoms with Crippen molar-refractivity contribution in [2.24, 2.45) is 0 Å². The SMILES string of the molecule is CN(Cc1ccco1)c1ccc(F)cc1C=O. The normalized spacial score (nSPS) is 10.2. The van der Waals surface area contributed by atoms with Gasteiger partial charge in [0.05, 0.1) is 12.8 Å². The second kappa shape index (κ2) is 4.82. The van der Waals surface area contributed by atoms with Crippen molar-refractivity contribution in [2.75, 3.05) is 11.9 Å². The number of anilines is 1. The minimum atomic E-state index is -0.415. The zero-order valence-corrected chi connectivity index (χ0v) is 9.39. The Morgan fingerprint density at radius 2 is 2.24 bits per heavy atom. The maximum Gasteiger partial charge on any atom is 0.152 e. The maximum atomic E-state index is 13.0. The lowest BCUT2D eigenvalue weighted by Gasteiger charge is -2.19. The van der Waals surface area contributed by atoms with E-state index in [0.29, 0.717) is 24.1 Å². The molecule has 2 aromatic rings. The first kappa shape index (κ1) is 11.4. The molecule has 1 heterocycles. The molecule has 0 aliphatic carbocycles. The lowest BCUT2D eigenvalue weighted by molar-refractivity contribution is 0.112. The smallest absolute Gasteiger partial charge is 0.152 e. The molecule has 0 amide bonds. The molecule has 0 atom stereocenters. The molecule has 0 radical (unpaired) electrons. The van der Waals surface area contributed by atoms with Crippen LogP contribution >= 0.6 is 0 Å². The van der Waals surface area contributed by atoms with Gasteiger partial charge in [-0.3, -0.25) is 4.79 Å². The van der Waals surface area contributed by atoms with Gasteiger partial charge in [-0.25, -0.2) is 4.39 Å². The largest absolute Gasteiger partial charge is 0.467 e. The molecule has 0 fully saturated rings. The number of hydrogen-bond acceptors (Lipinski definition) is 3. The summed E-state index contributed by atoms with van der Waals surface area (Å²) < 4.78 is 18.2. The topological polar surface area (TPSA) is 33.5 Å². The van der Waals surface area contributed by atoms with Crippen LogP contribution in [0.4, 0.5) is 10.1 Å². The summed E-state index contributed by atoms with van der Waals surface area (Å²) in [5.74, 6) is 0.371. The van der Waals surface area contributed by atoms with E-state index in [0.717, 1.165) is 5.76 Å². The minimum absolute atomic E-state index is 0.332. The summed E-state index contributed by atoms with van der Waals surface area (Å²) in [6.45, 7) is 0.527. The Bertz CT molecular complexity index is 508. The molecule has 0 unspecified atom stereocenters. The second-order valence-electron chi connectivity index (χ2n) is 3.76. The van der Waals surface area contributed by atoms with Crippen LogP contribution < -0.4 is 4.90 Å². The van der Waals surface area contributed by atoms with Crippen molar-refractivity contribution in [2.45, 2.75) is 6.54 Å². The number of rotatable bonds is 4. The molecule has 0 aliphatic heterocycles. The van der Waals surface area contributed by atoms with E-state index >= 15 is 0 Å². The van der Waals surface area contributed by atoms with Crippen molar-refractivity contribution in [3.05, 3.63) is 53.7 Å². The van der Waals surface area contributed by atoms with Gasteiger partial charge in [0.25, 0.3) is 0 Å². The molecule has 2 rings (SSSR count). The summed E-state index contributed by atoms with van der Waals surface area (Å²) in [7, 11) is 1.82. The predicted octanol–water partition coefficient (Wildman–Crippen LogP) is 2.87. The molecular weight excluding hydrogens is 221 g/mol. The molecule has 0 saturated carbocycles. The molecule has 0 aliphatic rings. The van der Waals surface area contributed by atoms with Gasteiger partial charge in [0.15, 0.2) is 6.29 Å². The molecule has 0 bridgehead atoms. The van der Waals surface area contributed by atoms with Crippen LogP contribution in [0.5, 0.6) is 0 Å². The van der Waals surface area contributed by atoms with Crippen molar-refractivity contribution < 1.29 is 13.6 Å². The van der Waals surface area contributed by atoms with Gasteiger partial charge >= 0.3 is 0 Å². The van der Waals surface area contributed by atoms with E-state index < -0.39 is 5.82 Å². The standard InChI is InChI=1S/C13H12FNO2/c1-15(8-12-3-2-6-17-12)13-5-4-11(14)7-10(13)9-16/h2-7,9H,8H2,1H3. The van der Waals surface area contributed by atoms with E-state index in [-0.39, 0.29) is 0 Å². The monoisotopic (exact) mass is 233 g/mol. The number of benzene rings is 1. The van der Waals surface area contributed by atoms with E-state index in [4.69, 9.17) is 4.42 Å². The number of carbonyl (C=O) groups is 1.